The molecule has 3 nitrogen and oxygen atoms in total. The minimum atomic E-state index is 0.360. The summed E-state index contributed by atoms with van der Waals surface area (Å²) in [5, 5.41) is 0.360. The fraction of sp³-hybridized carbons (Fsp3) is 0.375. The molecule has 0 spiro atoms. The highest BCUT2D eigenvalue weighted by atomic mass is 35.5. The average molecular weight is 288 g/mol. The zero-order valence-electron chi connectivity index (χ0n) is 11.6. The standard InChI is InChI=1S/C16H18ClN3/c1-2-13-10-20(9-12-6-4-3-5-7-12)11-14-8-18-16(17)19-15(13)14/h3-8,13H,2,9-11H2,1H3. The fourth-order valence-corrected chi connectivity index (χ4v) is 3.00. The van der Waals surface area contributed by atoms with Gasteiger partial charge in [0.05, 0.1) is 5.69 Å². The van der Waals surface area contributed by atoms with E-state index in [1.165, 1.54) is 11.1 Å². The first-order chi connectivity index (χ1) is 9.76. The lowest BCUT2D eigenvalue weighted by Crippen LogP contribution is -2.33. The van der Waals surface area contributed by atoms with E-state index < -0.39 is 0 Å². The molecule has 20 heavy (non-hydrogen) atoms. The number of rotatable bonds is 3. The molecule has 104 valence electrons. The van der Waals surface area contributed by atoms with Gasteiger partial charge in [0.1, 0.15) is 0 Å². The van der Waals surface area contributed by atoms with Crippen molar-refractivity contribution in [2.75, 3.05) is 6.54 Å². The molecule has 1 aromatic heterocycles. The van der Waals surface area contributed by atoms with Crippen molar-refractivity contribution < 1.29 is 0 Å². The predicted octanol–water partition coefficient (Wildman–Crippen LogP) is 3.64. The average Bonchev–Trinajstić information content (AvgIpc) is 2.48. The minimum absolute atomic E-state index is 0.360. The van der Waals surface area contributed by atoms with Gasteiger partial charge < -0.3 is 0 Å². The molecule has 0 bridgehead atoms. The summed E-state index contributed by atoms with van der Waals surface area (Å²) in [6.07, 6.45) is 2.95. The Balaban J connectivity index is 1.82. The molecule has 1 atom stereocenters. The van der Waals surface area contributed by atoms with Gasteiger partial charge in [-0.15, -0.1) is 0 Å². The first kappa shape index (κ1) is 13.5. The predicted molar refractivity (Wildman–Crippen MR) is 80.6 cm³/mol. The van der Waals surface area contributed by atoms with E-state index in [4.69, 9.17) is 11.6 Å². The summed E-state index contributed by atoms with van der Waals surface area (Å²) in [6, 6.07) is 10.6. The van der Waals surface area contributed by atoms with Gasteiger partial charge in [-0.2, -0.15) is 0 Å². The zero-order valence-corrected chi connectivity index (χ0v) is 12.3. The molecule has 1 aliphatic heterocycles. The number of halogens is 1. The van der Waals surface area contributed by atoms with Gasteiger partial charge in [0.2, 0.25) is 5.28 Å². The summed E-state index contributed by atoms with van der Waals surface area (Å²) in [7, 11) is 0. The van der Waals surface area contributed by atoms with Crippen molar-refractivity contribution in [3.05, 3.63) is 58.6 Å². The lowest BCUT2D eigenvalue weighted by atomic mass is 9.93. The fourth-order valence-electron chi connectivity index (χ4n) is 2.86. The van der Waals surface area contributed by atoms with Crippen LogP contribution in [0.15, 0.2) is 36.5 Å². The third kappa shape index (κ3) is 2.84. The number of hydrogen-bond acceptors (Lipinski definition) is 3. The van der Waals surface area contributed by atoms with Crippen LogP contribution in [0, 0.1) is 0 Å². The molecule has 0 saturated carbocycles. The second kappa shape index (κ2) is 5.90. The Hall–Kier alpha value is -1.45. The maximum atomic E-state index is 5.93. The number of aromatic nitrogens is 2. The quantitative estimate of drug-likeness (QED) is 0.807. The van der Waals surface area contributed by atoms with E-state index in [2.05, 4.69) is 52.1 Å². The molecule has 0 aliphatic carbocycles. The van der Waals surface area contributed by atoms with Crippen molar-refractivity contribution in [3.8, 4) is 0 Å². The summed E-state index contributed by atoms with van der Waals surface area (Å²) in [5.41, 5.74) is 3.70. The highest BCUT2D eigenvalue weighted by molar-refractivity contribution is 6.28. The largest absolute Gasteiger partial charge is 0.294 e. The molecule has 0 amide bonds. The molecule has 1 aromatic carbocycles. The van der Waals surface area contributed by atoms with Crippen molar-refractivity contribution in [1.29, 1.82) is 0 Å². The lowest BCUT2D eigenvalue weighted by Gasteiger charge is -2.33. The Morgan fingerprint density at radius 2 is 2.10 bits per heavy atom. The van der Waals surface area contributed by atoms with Crippen LogP contribution in [0.2, 0.25) is 5.28 Å². The smallest absolute Gasteiger partial charge is 0.222 e. The Bertz CT molecular complexity index is 586. The van der Waals surface area contributed by atoms with Gasteiger partial charge in [-0.05, 0) is 23.6 Å². The van der Waals surface area contributed by atoms with Gasteiger partial charge in [-0.25, -0.2) is 9.97 Å². The maximum Gasteiger partial charge on any atom is 0.222 e. The van der Waals surface area contributed by atoms with Crippen molar-refractivity contribution in [1.82, 2.24) is 14.9 Å². The zero-order chi connectivity index (χ0) is 13.9. The van der Waals surface area contributed by atoms with Gasteiger partial charge in [0.15, 0.2) is 0 Å². The van der Waals surface area contributed by atoms with E-state index >= 15 is 0 Å². The van der Waals surface area contributed by atoms with Gasteiger partial charge >= 0.3 is 0 Å². The topological polar surface area (TPSA) is 29.0 Å². The van der Waals surface area contributed by atoms with E-state index in [9.17, 15) is 0 Å². The molecule has 1 unspecified atom stereocenters. The Kier molecular flexibility index (Phi) is 3.99. The molecule has 0 fully saturated rings. The Labute approximate surface area is 124 Å². The summed E-state index contributed by atoms with van der Waals surface area (Å²) in [6.45, 7) is 5.11. The molecule has 0 saturated heterocycles. The van der Waals surface area contributed by atoms with Gasteiger partial charge in [0, 0.05) is 37.3 Å². The van der Waals surface area contributed by atoms with Crippen LogP contribution in [0.25, 0.3) is 0 Å². The normalized spacial score (nSPS) is 18.8. The molecule has 3 rings (SSSR count). The van der Waals surface area contributed by atoms with Crippen LogP contribution in [0.1, 0.15) is 36.1 Å². The van der Waals surface area contributed by atoms with Crippen LogP contribution < -0.4 is 0 Å². The van der Waals surface area contributed by atoms with Crippen LogP contribution in [0.4, 0.5) is 0 Å². The van der Waals surface area contributed by atoms with Gasteiger partial charge in [-0.3, -0.25) is 4.90 Å². The Morgan fingerprint density at radius 1 is 1.30 bits per heavy atom. The highest BCUT2D eigenvalue weighted by Crippen LogP contribution is 2.30. The van der Waals surface area contributed by atoms with E-state index in [1.54, 1.807) is 0 Å². The van der Waals surface area contributed by atoms with Crippen molar-refractivity contribution >= 4 is 11.6 Å². The van der Waals surface area contributed by atoms with Crippen LogP contribution in [0.5, 0.6) is 0 Å². The first-order valence-electron chi connectivity index (χ1n) is 7.04. The van der Waals surface area contributed by atoms with E-state index in [0.29, 0.717) is 11.2 Å². The SMILES string of the molecule is CCC1CN(Cc2ccccc2)Cc2cnc(Cl)nc21. The number of fused-ring (bicyclic) bond motifs is 1. The molecule has 2 heterocycles. The summed E-state index contributed by atoms with van der Waals surface area (Å²) >= 11 is 5.93. The molecular weight excluding hydrogens is 270 g/mol. The summed E-state index contributed by atoms with van der Waals surface area (Å²) in [4.78, 5) is 11.0. The molecule has 0 N–H and O–H groups in total. The second-order valence-corrected chi connectivity index (χ2v) is 5.65. The van der Waals surface area contributed by atoms with Crippen LogP contribution >= 0.6 is 11.6 Å². The molecular formula is C16H18ClN3. The molecule has 0 radical (unpaired) electrons. The van der Waals surface area contributed by atoms with Crippen molar-refractivity contribution in [2.24, 2.45) is 0 Å². The van der Waals surface area contributed by atoms with E-state index in [-0.39, 0.29) is 0 Å². The van der Waals surface area contributed by atoms with Gasteiger partial charge in [-0.1, -0.05) is 37.3 Å². The van der Waals surface area contributed by atoms with Crippen LogP contribution in [-0.2, 0) is 13.1 Å². The number of hydrogen-bond donors (Lipinski definition) is 0. The van der Waals surface area contributed by atoms with E-state index in [0.717, 1.165) is 31.7 Å². The summed E-state index contributed by atoms with van der Waals surface area (Å²) in [5.74, 6) is 0.447. The van der Waals surface area contributed by atoms with Crippen LogP contribution in [0.3, 0.4) is 0 Å². The van der Waals surface area contributed by atoms with Crippen molar-refractivity contribution in [2.45, 2.75) is 32.4 Å². The van der Waals surface area contributed by atoms with Crippen LogP contribution in [-0.4, -0.2) is 21.4 Å². The summed E-state index contributed by atoms with van der Waals surface area (Å²) < 4.78 is 0. The Morgan fingerprint density at radius 3 is 2.85 bits per heavy atom. The number of benzene rings is 1. The first-order valence-corrected chi connectivity index (χ1v) is 7.41. The molecule has 4 heteroatoms. The van der Waals surface area contributed by atoms with E-state index in [1.807, 2.05) is 6.20 Å². The van der Waals surface area contributed by atoms with Crippen molar-refractivity contribution in [3.63, 3.8) is 0 Å². The maximum absolute atomic E-state index is 5.93. The monoisotopic (exact) mass is 287 g/mol. The lowest BCUT2D eigenvalue weighted by molar-refractivity contribution is 0.215. The third-order valence-electron chi connectivity index (χ3n) is 3.87. The third-order valence-corrected chi connectivity index (χ3v) is 4.05. The minimum Gasteiger partial charge on any atom is -0.294 e. The molecule has 1 aliphatic rings. The number of nitrogens with zero attached hydrogens (tertiary/aromatic N) is 3. The molecule has 2 aromatic rings. The van der Waals surface area contributed by atoms with Gasteiger partial charge in [0.25, 0.3) is 0 Å². The second-order valence-electron chi connectivity index (χ2n) is 5.31. The highest BCUT2D eigenvalue weighted by Gasteiger charge is 2.26.